The number of carbonyl (C=O) groups is 1. The Balaban J connectivity index is 2.84. The van der Waals surface area contributed by atoms with E-state index in [1.165, 1.54) is 31.3 Å². The van der Waals surface area contributed by atoms with Crippen LogP contribution in [-0.2, 0) is 14.8 Å². The second kappa shape index (κ2) is 8.10. The zero-order valence-electron chi connectivity index (χ0n) is 15.5. The zero-order valence-corrected chi connectivity index (χ0v) is 16.4. The highest BCUT2D eigenvalue weighted by atomic mass is 32.2. The molecule has 0 amide bonds. The fourth-order valence-electron chi connectivity index (χ4n) is 2.57. The maximum atomic E-state index is 13.3. The van der Waals surface area contributed by atoms with E-state index >= 15 is 0 Å². The first-order valence-corrected chi connectivity index (χ1v) is 10.1. The van der Waals surface area contributed by atoms with Gasteiger partial charge in [0.2, 0.25) is 16.0 Å². The summed E-state index contributed by atoms with van der Waals surface area (Å²) in [6.07, 6.45) is 0.272. The molecule has 2 aromatic rings. The Bertz CT molecular complexity index is 930. The Labute approximate surface area is 157 Å². The van der Waals surface area contributed by atoms with E-state index in [1.807, 2.05) is 13.8 Å². The van der Waals surface area contributed by atoms with Crippen LogP contribution in [-0.4, -0.2) is 43.1 Å². The number of aldehydes is 1. The summed E-state index contributed by atoms with van der Waals surface area (Å²) in [5, 5.41) is 10.5. The van der Waals surface area contributed by atoms with Crippen LogP contribution in [0.15, 0.2) is 24.3 Å². The fourth-order valence-corrected chi connectivity index (χ4v) is 2.95. The van der Waals surface area contributed by atoms with Gasteiger partial charge < -0.3 is 9.90 Å². The standard InChI is InChI=1S/C18H22FN3O4S/c1-11(2)16-15(14(24)9-10-23)17(12-5-7-13(19)8-6-12)21-18(20-16)22(3)27(4,25)26/h5-8,10-11,14,24H,9H2,1-4H3. The molecule has 2 rings (SSSR count). The molecule has 0 radical (unpaired) electrons. The predicted molar refractivity (Wildman–Crippen MR) is 100 cm³/mol. The van der Waals surface area contributed by atoms with E-state index in [0.29, 0.717) is 23.1 Å². The van der Waals surface area contributed by atoms with Gasteiger partial charge in [-0.25, -0.2) is 27.1 Å². The molecule has 1 heterocycles. The van der Waals surface area contributed by atoms with Crippen molar-refractivity contribution in [1.82, 2.24) is 9.97 Å². The zero-order chi connectivity index (χ0) is 20.4. The van der Waals surface area contributed by atoms with E-state index in [-0.39, 0.29) is 24.0 Å². The normalized spacial score (nSPS) is 12.9. The van der Waals surface area contributed by atoms with Crippen LogP contribution in [0.3, 0.4) is 0 Å². The van der Waals surface area contributed by atoms with E-state index in [0.717, 1.165) is 10.6 Å². The SMILES string of the molecule is CC(C)c1nc(N(C)S(C)(=O)=O)nc(-c2ccc(F)cc2)c1C(O)CC=O. The van der Waals surface area contributed by atoms with Crippen LogP contribution in [0.1, 0.15) is 43.5 Å². The third kappa shape index (κ3) is 4.67. The molecular weight excluding hydrogens is 373 g/mol. The Morgan fingerprint density at radius 1 is 1.22 bits per heavy atom. The van der Waals surface area contributed by atoms with Gasteiger partial charge in [-0.2, -0.15) is 0 Å². The van der Waals surface area contributed by atoms with Gasteiger partial charge in [-0.3, -0.25) is 0 Å². The van der Waals surface area contributed by atoms with E-state index in [9.17, 15) is 22.7 Å². The number of anilines is 1. The van der Waals surface area contributed by atoms with Crippen molar-refractivity contribution in [3.05, 3.63) is 41.3 Å². The molecule has 1 aromatic carbocycles. The topological polar surface area (TPSA) is 100 Å². The van der Waals surface area contributed by atoms with Gasteiger partial charge in [0.15, 0.2) is 0 Å². The van der Waals surface area contributed by atoms with Crippen LogP contribution < -0.4 is 4.31 Å². The summed E-state index contributed by atoms with van der Waals surface area (Å²) in [4.78, 5) is 19.6. The number of sulfonamides is 1. The third-order valence-corrected chi connectivity index (χ3v) is 5.22. The molecule has 27 heavy (non-hydrogen) atoms. The molecule has 0 spiro atoms. The number of hydrogen-bond donors (Lipinski definition) is 1. The fraction of sp³-hybridized carbons (Fsp3) is 0.389. The van der Waals surface area contributed by atoms with Gasteiger partial charge in [-0.15, -0.1) is 0 Å². The molecule has 1 unspecified atom stereocenters. The van der Waals surface area contributed by atoms with Gasteiger partial charge in [0.05, 0.1) is 23.7 Å². The molecular formula is C18H22FN3O4S. The highest BCUT2D eigenvalue weighted by molar-refractivity contribution is 7.92. The number of carbonyl (C=O) groups excluding carboxylic acids is 1. The lowest BCUT2D eigenvalue weighted by atomic mass is 9.93. The molecule has 0 aliphatic carbocycles. The van der Waals surface area contributed by atoms with Crippen molar-refractivity contribution in [2.45, 2.75) is 32.3 Å². The molecule has 0 fully saturated rings. The molecule has 7 nitrogen and oxygen atoms in total. The van der Waals surface area contributed by atoms with Gasteiger partial charge in [0, 0.05) is 24.6 Å². The number of benzene rings is 1. The van der Waals surface area contributed by atoms with Crippen molar-refractivity contribution in [2.75, 3.05) is 17.6 Å². The molecule has 1 aromatic heterocycles. The van der Waals surface area contributed by atoms with Crippen molar-refractivity contribution >= 4 is 22.3 Å². The summed E-state index contributed by atoms with van der Waals surface area (Å²) in [6, 6.07) is 5.43. The Morgan fingerprint density at radius 2 is 1.81 bits per heavy atom. The second-order valence-electron chi connectivity index (χ2n) is 6.48. The highest BCUT2D eigenvalue weighted by Crippen LogP contribution is 2.35. The lowest BCUT2D eigenvalue weighted by molar-refractivity contribution is -0.109. The molecule has 1 atom stereocenters. The monoisotopic (exact) mass is 395 g/mol. The molecule has 0 saturated carbocycles. The van der Waals surface area contributed by atoms with Gasteiger partial charge in [0.1, 0.15) is 12.1 Å². The minimum absolute atomic E-state index is 0.0671. The Hall–Kier alpha value is -2.39. The van der Waals surface area contributed by atoms with Crippen molar-refractivity contribution in [3.8, 4) is 11.3 Å². The number of nitrogens with zero attached hydrogens (tertiary/aromatic N) is 3. The summed E-state index contributed by atoms with van der Waals surface area (Å²) >= 11 is 0. The van der Waals surface area contributed by atoms with Crippen molar-refractivity contribution in [3.63, 3.8) is 0 Å². The molecule has 9 heteroatoms. The lowest BCUT2D eigenvalue weighted by Crippen LogP contribution is -2.28. The van der Waals surface area contributed by atoms with E-state index in [1.54, 1.807) is 0 Å². The summed E-state index contributed by atoms with van der Waals surface area (Å²) < 4.78 is 38.1. The van der Waals surface area contributed by atoms with Crippen LogP contribution in [0.4, 0.5) is 10.3 Å². The first-order valence-electron chi connectivity index (χ1n) is 8.29. The van der Waals surface area contributed by atoms with E-state index in [4.69, 9.17) is 0 Å². The smallest absolute Gasteiger partial charge is 0.239 e. The highest BCUT2D eigenvalue weighted by Gasteiger charge is 2.26. The minimum Gasteiger partial charge on any atom is -0.388 e. The first kappa shape index (κ1) is 20.9. The number of aliphatic hydroxyl groups excluding tert-OH is 1. The van der Waals surface area contributed by atoms with Crippen LogP contribution >= 0.6 is 0 Å². The molecule has 0 aliphatic heterocycles. The summed E-state index contributed by atoms with van der Waals surface area (Å²) in [5.74, 6) is -0.696. The third-order valence-electron chi connectivity index (χ3n) is 4.06. The van der Waals surface area contributed by atoms with Crippen molar-refractivity contribution in [1.29, 1.82) is 0 Å². The Morgan fingerprint density at radius 3 is 2.30 bits per heavy atom. The molecule has 0 bridgehead atoms. The largest absolute Gasteiger partial charge is 0.388 e. The minimum atomic E-state index is -3.62. The van der Waals surface area contributed by atoms with Gasteiger partial charge in [-0.05, 0) is 30.2 Å². The van der Waals surface area contributed by atoms with E-state index < -0.39 is 21.9 Å². The van der Waals surface area contributed by atoms with Crippen LogP contribution in [0.2, 0.25) is 0 Å². The number of halogens is 1. The second-order valence-corrected chi connectivity index (χ2v) is 8.50. The summed E-state index contributed by atoms with van der Waals surface area (Å²) in [7, 11) is -2.29. The maximum absolute atomic E-state index is 13.3. The van der Waals surface area contributed by atoms with Crippen LogP contribution in [0.25, 0.3) is 11.3 Å². The number of aliphatic hydroxyl groups is 1. The van der Waals surface area contributed by atoms with Gasteiger partial charge in [-0.1, -0.05) is 13.8 Å². The number of aromatic nitrogens is 2. The average molecular weight is 395 g/mol. The first-order chi connectivity index (χ1) is 12.6. The van der Waals surface area contributed by atoms with Crippen LogP contribution in [0.5, 0.6) is 0 Å². The van der Waals surface area contributed by atoms with Crippen molar-refractivity contribution in [2.24, 2.45) is 0 Å². The van der Waals surface area contributed by atoms with Crippen LogP contribution in [0, 0.1) is 5.82 Å². The Kier molecular flexibility index (Phi) is 6.27. The lowest BCUT2D eigenvalue weighted by Gasteiger charge is -2.23. The summed E-state index contributed by atoms with van der Waals surface area (Å²) in [6.45, 7) is 3.66. The average Bonchev–Trinajstić information content (AvgIpc) is 2.60. The molecule has 1 N–H and O–H groups in total. The number of hydrogen-bond acceptors (Lipinski definition) is 6. The van der Waals surface area contributed by atoms with Gasteiger partial charge in [0.25, 0.3) is 0 Å². The number of rotatable bonds is 7. The van der Waals surface area contributed by atoms with E-state index in [2.05, 4.69) is 9.97 Å². The van der Waals surface area contributed by atoms with Crippen molar-refractivity contribution < 1.29 is 22.7 Å². The van der Waals surface area contributed by atoms with Gasteiger partial charge >= 0.3 is 0 Å². The molecule has 0 saturated heterocycles. The molecule has 146 valence electrons. The quantitative estimate of drug-likeness (QED) is 0.723. The maximum Gasteiger partial charge on any atom is 0.239 e. The predicted octanol–water partition coefficient (Wildman–Crippen LogP) is 2.42. The summed E-state index contributed by atoms with van der Waals surface area (Å²) in [5.41, 5.74) is 1.48. The molecule has 0 aliphatic rings.